The lowest BCUT2D eigenvalue weighted by atomic mass is 10.1. The molecule has 1 amide bonds. The fraction of sp³-hybridized carbons (Fsp3) is 0.150. The van der Waals surface area contributed by atoms with Gasteiger partial charge in [0.1, 0.15) is 11.5 Å². The fourth-order valence-electron chi connectivity index (χ4n) is 2.97. The number of hydrogen-bond acceptors (Lipinski definition) is 3. The summed E-state index contributed by atoms with van der Waals surface area (Å²) in [4.78, 5) is 24.1. The molecule has 3 aromatic rings. The lowest BCUT2D eigenvalue weighted by Crippen LogP contribution is -2.16. The molecule has 0 aliphatic heterocycles. The molecular formula is C20H17ClN4O. The summed E-state index contributed by atoms with van der Waals surface area (Å²) in [5.74, 6) is 0.319. The van der Waals surface area contributed by atoms with Crippen molar-refractivity contribution < 1.29 is 4.79 Å². The zero-order valence-corrected chi connectivity index (χ0v) is 14.7. The Kier molecular flexibility index (Phi) is 4.54. The Morgan fingerprint density at radius 1 is 1.31 bits per heavy atom. The number of amides is 1. The number of nitrogens with one attached hydrogen (secondary N) is 2. The SMILES string of the molecule is O=C(Nc1ccc(Cc2c[nH]c3ncccc23)cn1)C1=C[C@@H](Cl)CC=C1. The van der Waals surface area contributed by atoms with Gasteiger partial charge in [-0.05, 0) is 35.7 Å². The normalized spacial score (nSPS) is 16.5. The van der Waals surface area contributed by atoms with Crippen LogP contribution < -0.4 is 5.32 Å². The van der Waals surface area contributed by atoms with E-state index in [4.69, 9.17) is 11.6 Å². The average Bonchev–Trinajstić information content (AvgIpc) is 3.06. The van der Waals surface area contributed by atoms with E-state index in [1.165, 1.54) is 0 Å². The summed E-state index contributed by atoms with van der Waals surface area (Å²) in [6, 6.07) is 7.75. The molecule has 4 rings (SSSR count). The third-order valence-corrected chi connectivity index (χ3v) is 4.58. The number of allylic oxidation sites excluding steroid dienone is 2. The Balaban J connectivity index is 1.45. The van der Waals surface area contributed by atoms with E-state index in [-0.39, 0.29) is 11.3 Å². The van der Waals surface area contributed by atoms with Crippen molar-refractivity contribution in [2.24, 2.45) is 0 Å². The molecule has 0 bridgehead atoms. The molecule has 0 saturated heterocycles. The number of H-pyrrole nitrogens is 1. The zero-order chi connectivity index (χ0) is 17.9. The molecule has 1 aliphatic rings. The van der Waals surface area contributed by atoms with Crippen molar-refractivity contribution >= 4 is 34.4 Å². The molecule has 0 saturated carbocycles. The molecule has 5 nitrogen and oxygen atoms in total. The molecule has 1 atom stereocenters. The highest BCUT2D eigenvalue weighted by atomic mass is 35.5. The van der Waals surface area contributed by atoms with Gasteiger partial charge in [0.15, 0.2) is 0 Å². The van der Waals surface area contributed by atoms with Gasteiger partial charge in [0.2, 0.25) is 0 Å². The van der Waals surface area contributed by atoms with Crippen molar-refractivity contribution in [1.29, 1.82) is 0 Å². The number of alkyl halides is 1. The van der Waals surface area contributed by atoms with Crippen LogP contribution in [0.5, 0.6) is 0 Å². The minimum absolute atomic E-state index is 0.137. The summed E-state index contributed by atoms with van der Waals surface area (Å²) in [5.41, 5.74) is 3.67. The Labute approximate surface area is 155 Å². The number of aromatic amines is 1. The number of fused-ring (bicyclic) bond motifs is 1. The van der Waals surface area contributed by atoms with Gasteiger partial charge in [0, 0.05) is 36.0 Å². The number of carbonyl (C=O) groups is 1. The minimum atomic E-state index is -0.199. The van der Waals surface area contributed by atoms with Gasteiger partial charge in [-0.3, -0.25) is 4.79 Å². The maximum atomic E-state index is 12.3. The summed E-state index contributed by atoms with van der Waals surface area (Å²) >= 11 is 6.06. The number of anilines is 1. The molecule has 26 heavy (non-hydrogen) atoms. The summed E-state index contributed by atoms with van der Waals surface area (Å²) in [5, 5.41) is 3.77. The van der Waals surface area contributed by atoms with E-state index in [9.17, 15) is 4.79 Å². The highest BCUT2D eigenvalue weighted by Crippen LogP contribution is 2.20. The highest BCUT2D eigenvalue weighted by molar-refractivity contribution is 6.22. The highest BCUT2D eigenvalue weighted by Gasteiger charge is 2.13. The van der Waals surface area contributed by atoms with E-state index < -0.39 is 0 Å². The van der Waals surface area contributed by atoms with Crippen molar-refractivity contribution in [3.63, 3.8) is 0 Å². The van der Waals surface area contributed by atoms with E-state index in [1.54, 1.807) is 24.5 Å². The summed E-state index contributed by atoms with van der Waals surface area (Å²) < 4.78 is 0. The molecule has 2 N–H and O–H groups in total. The van der Waals surface area contributed by atoms with Crippen LogP contribution in [-0.2, 0) is 11.2 Å². The summed E-state index contributed by atoms with van der Waals surface area (Å²) in [7, 11) is 0. The van der Waals surface area contributed by atoms with Crippen LogP contribution in [0.2, 0.25) is 0 Å². The van der Waals surface area contributed by atoms with Crippen molar-refractivity contribution in [2.45, 2.75) is 18.2 Å². The van der Waals surface area contributed by atoms with Crippen LogP contribution in [0, 0.1) is 0 Å². The zero-order valence-electron chi connectivity index (χ0n) is 13.9. The van der Waals surface area contributed by atoms with E-state index in [2.05, 4.69) is 20.3 Å². The van der Waals surface area contributed by atoms with Gasteiger partial charge in [0.05, 0.1) is 5.38 Å². The maximum Gasteiger partial charge on any atom is 0.256 e. The number of nitrogens with zero attached hydrogens (tertiary/aromatic N) is 2. The third kappa shape index (κ3) is 3.53. The second-order valence-electron chi connectivity index (χ2n) is 6.17. The van der Waals surface area contributed by atoms with Gasteiger partial charge in [-0.25, -0.2) is 9.97 Å². The monoisotopic (exact) mass is 364 g/mol. The smallest absolute Gasteiger partial charge is 0.256 e. The molecule has 0 radical (unpaired) electrons. The molecule has 6 heteroatoms. The first kappa shape index (κ1) is 16.5. The lowest BCUT2D eigenvalue weighted by molar-refractivity contribution is -0.112. The van der Waals surface area contributed by atoms with Crippen LogP contribution in [-0.4, -0.2) is 26.2 Å². The second kappa shape index (κ2) is 7.14. The van der Waals surface area contributed by atoms with Crippen molar-refractivity contribution in [2.75, 3.05) is 5.32 Å². The first-order valence-electron chi connectivity index (χ1n) is 8.39. The van der Waals surface area contributed by atoms with E-state index >= 15 is 0 Å². The second-order valence-corrected chi connectivity index (χ2v) is 6.73. The third-order valence-electron chi connectivity index (χ3n) is 4.28. The van der Waals surface area contributed by atoms with Crippen LogP contribution in [0.15, 0.2) is 66.7 Å². The molecule has 0 spiro atoms. The van der Waals surface area contributed by atoms with Gasteiger partial charge in [-0.15, -0.1) is 11.6 Å². The Morgan fingerprint density at radius 3 is 3.04 bits per heavy atom. The van der Waals surface area contributed by atoms with E-state index in [1.807, 2.05) is 36.5 Å². The van der Waals surface area contributed by atoms with Gasteiger partial charge >= 0.3 is 0 Å². The Bertz CT molecular complexity index is 1000. The maximum absolute atomic E-state index is 12.3. The standard InChI is InChI=1S/C20H17ClN4O/c21-16-4-1-3-14(10-16)20(26)25-18-7-6-13(11-23-18)9-15-12-24-19-17(15)5-2-8-22-19/h1-3,5-8,10-12,16H,4,9H2,(H,22,24)(H,23,25,26)/t16-/m0/s1. The molecule has 0 fully saturated rings. The Hall–Kier alpha value is -2.92. The van der Waals surface area contributed by atoms with Gasteiger partial charge in [-0.2, -0.15) is 0 Å². The molecular weight excluding hydrogens is 348 g/mol. The van der Waals surface area contributed by atoms with Crippen molar-refractivity contribution in [3.8, 4) is 0 Å². The number of halogens is 1. The topological polar surface area (TPSA) is 70.7 Å². The predicted molar refractivity (Wildman–Crippen MR) is 103 cm³/mol. The molecule has 130 valence electrons. The van der Waals surface area contributed by atoms with Crippen molar-refractivity contribution in [3.05, 3.63) is 77.8 Å². The fourth-order valence-corrected chi connectivity index (χ4v) is 3.20. The van der Waals surface area contributed by atoms with Crippen molar-refractivity contribution in [1.82, 2.24) is 15.0 Å². The number of hydrogen-bond donors (Lipinski definition) is 2. The van der Waals surface area contributed by atoms with E-state index in [0.29, 0.717) is 11.4 Å². The predicted octanol–water partition coefficient (Wildman–Crippen LogP) is 3.98. The number of aromatic nitrogens is 3. The number of pyridine rings is 2. The first-order valence-corrected chi connectivity index (χ1v) is 8.82. The lowest BCUT2D eigenvalue weighted by Gasteiger charge is -2.11. The minimum Gasteiger partial charge on any atom is -0.346 e. The van der Waals surface area contributed by atoms with Crippen LogP contribution in [0.4, 0.5) is 5.82 Å². The Morgan fingerprint density at radius 2 is 2.23 bits per heavy atom. The molecule has 1 aliphatic carbocycles. The number of rotatable bonds is 4. The van der Waals surface area contributed by atoms with Gasteiger partial charge in [-0.1, -0.05) is 24.3 Å². The van der Waals surface area contributed by atoms with Crippen LogP contribution in [0.25, 0.3) is 11.0 Å². The van der Waals surface area contributed by atoms with Crippen LogP contribution in [0.3, 0.4) is 0 Å². The average molecular weight is 365 g/mol. The molecule has 3 heterocycles. The summed E-state index contributed by atoms with van der Waals surface area (Å²) in [6.45, 7) is 0. The van der Waals surface area contributed by atoms with Crippen LogP contribution in [0.1, 0.15) is 17.5 Å². The molecule has 0 unspecified atom stereocenters. The molecule has 3 aromatic heterocycles. The van der Waals surface area contributed by atoms with Gasteiger partial charge < -0.3 is 10.3 Å². The quantitative estimate of drug-likeness (QED) is 0.688. The summed E-state index contributed by atoms with van der Waals surface area (Å²) in [6.07, 6.45) is 12.5. The van der Waals surface area contributed by atoms with E-state index in [0.717, 1.165) is 35.0 Å². The largest absolute Gasteiger partial charge is 0.346 e. The van der Waals surface area contributed by atoms with Crippen LogP contribution >= 0.6 is 11.6 Å². The number of carbonyl (C=O) groups excluding carboxylic acids is 1. The molecule has 0 aromatic carbocycles. The van der Waals surface area contributed by atoms with Gasteiger partial charge in [0.25, 0.3) is 5.91 Å². The first-order chi connectivity index (χ1) is 12.7.